The van der Waals surface area contributed by atoms with Crippen LogP contribution in [0, 0.1) is 19.3 Å². The highest BCUT2D eigenvalue weighted by Gasteiger charge is 2.39. The van der Waals surface area contributed by atoms with Crippen molar-refractivity contribution in [1.82, 2.24) is 4.90 Å². The number of nitrogens with zero attached hydrogens (tertiary/aromatic N) is 2. The van der Waals surface area contributed by atoms with E-state index >= 15 is 0 Å². The maximum atomic E-state index is 12.4. The van der Waals surface area contributed by atoms with Crippen LogP contribution in [0.2, 0.25) is 0 Å². The molecule has 0 radical (unpaired) electrons. The zero-order valence-electron chi connectivity index (χ0n) is 16.6. The van der Waals surface area contributed by atoms with Gasteiger partial charge < -0.3 is 10.2 Å². The molecule has 0 bridgehead atoms. The fourth-order valence-corrected chi connectivity index (χ4v) is 4.67. The van der Waals surface area contributed by atoms with Crippen LogP contribution in [0.1, 0.15) is 56.6 Å². The molecule has 26 heavy (non-hydrogen) atoms. The van der Waals surface area contributed by atoms with E-state index in [0.29, 0.717) is 6.42 Å². The van der Waals surface area contributed by atoms with Gasteiger partial charge in [0.1, 0.15) is 0 Å². The maximum Gasteiger partial charge on any atom is 0.224 e. The molecule has 3 fully saturated rings. The van der Waals surface area contributed by atoms with Crippen LogP contribution in [-0.4, -0.2) is 43.0 Å². The Labute approximate surface area is 157 Å². The monoisotopic (exact) mass is 355 g/mol. The summed E-state index contributed by atoms with van der Waals surface area (Å²) in [7, 11) is 0. The zero-order chi connectivity index (χ0) is 18.3. The number of piperidine rings is 1. The Kier molecular flexibility index (Phi) is 4.72. The first-order chi connectivity index (χ1) is 12.4. The van der Waals surface area contributed by atoms with Gasteiger partial charge in [0.05, 0.1) is 0 Å². The molecule has 142 valence electrons. The standard InChI is InChI=1S/C22H33N3O/c1-16-12-19(25-11-10-24-9-5-4-6-18(24)15-25)13-17(2)21(16)23-20(26)14-22(3)7-8-22/h12-13,18H,4-11,14-15H2,1-3H3,(H,23,26)/t18-/m0/s1. The number of piperazine rings is 1. The van der Waals surface area contributed by atoms with E-state index in [2.05, 4.69) is 48.0 Å². The summed E-state index contributed by atoms with van der Waals surface area (Å²) < 4.78 is 0. The number of aryl methyl sites for hydroxylation is 2. The molecule has 0 aromatic heterocycles. The lowest BCUT2D eigenvalue weighted by molar-refractivity contribution is -0.117. The molecule has 4 rings (SSSR count). The fraction of sp³-hybridized carbons (Fsp3) is 0.682. The number of rotatable bonds is 4. The first-order valence-electron chi connectivity index (χ1n) is 10.3. The average Bonchev–Trinajstić information content (AvgIpc) is 3.34. The van der Waals surface area contributed by atoms with Crippen LogP contribution in [0.5, 0.6) is 0 Å². The van der Waals surface area contributed by atoms with Gasteiger partial charge in [0.2, 0.25) is 5.91 Å². The van der Waals surface area contributed by atoms with Crippen LogP contribution in [-0.2, 0) is 4.79 Å². The van der Waals surface area contributed by atoms with Gasteiger partial charge in [0.15, 0.2) is 0 Å². The normalized spacial score (nSPS) is 24.9. The van der Waals surface area contributed by atoms with Crippen LogP contribution in [0.3, 0.4) is 0 Å². The highest BCUT2D eigenvalue weighted by Crippen LogP contribution is 2.48. The minimum absolute atomic E-state index is 0.166. The second-order valence-electron chi connectivity index (χ2n) is 9.12. The zero-order valence-corrected chi connectivity index (χ0v) is 16.6. The van der Waals surface area contributed by atoms with E-state index < -0.39 is 0 Å². The molecule has 1 saturated carbocycles. The second kappa shape index (κ2) is 6.88. The molecule has 0 unspecified atom stereocenters. The topological polar surface area (TPSA) is 35.6 Å². The largest absolute Gasteiger partial charge is 0.369 e. The smallest absolute Gasteiger partial charge is 0.224 e. The molecule has 1 atom stereocenters. The number of hydrogen-bond donors (Lipinski definition) is 1. The number of benzene rings is 1. The maximum absolute atomic E-state index is 12.4. The molecule has 4 heteroatoms. The van der Waals surface area contributed by atoms with Crippen molar-refractivity contribution in [2.45, 2.75) is 65.3 Å². The highest BCUT2D eigenvalue weighted by atomic mass is 16.1. The van der Waals surface area contributed by atoms with E-state index in [1.54, 1.807) is 0 Å². The van der Waals surface area contributed by atoms with Gasteiger partial charge in [-0.1, -0.05) is 13.3 Å². The Morgan fingerprint density at radius 2 is 1.88 bits per heavy atom. The summed E-state index contributed by atoms with van der Waals surface area (Å²) in [4.78, 5) is 17.6. The molecule has 2 heterocycles. The van der Waals surface area contributed by atoms with Gasteiger partial charge >= 0.3 is 0 Å². The lowest BCUT2D eigenvalue weighted by atomic mass is 9.98. The number of hydrogen-bond acceptors (Lipinski definition) is 3. The average molecular weight is 356 g/mol. The summed E-state index contributed by atoms with van der Waals surface area (Å²) in [6.45, 7) is 11.2. The quantitative estimate of drug-likeness (QED) is 0.883. The molecule has 1 aromatic rings. The molecule has 1 aromatic carbocycles. The Morgan fingerprint density at radius 3 is 2.58 bits per heavy atom. The molecule has 3 aliphatic rings. The minimum Gasteiger partial charge on any atom is -0.369 e. The minimum atomic E-state index is 0.166. The van der Waals surface area contributed by atoms with Crippen molar-refractivity contribution >= 4 is 17.3 Å². The Hall–Kier alpha value is -1.55. The van der Waals surface area contributed by atoms with Crippen LogP contribution < -0.4 is 10.2 Å². The number of fused-ring (bicyclic) bond motifs is 1. The van der Waals surface area contributed by atoms with E-state index in [4.69, 9.17) is 0 Å². The van der Waals surface area contributed by atoms with Crippen LogP contribution >= 0.6 is 0 Å². The summed E-state index contributed by atoms with van der Waals surface area (Å²) in [6, 6.07) is 5.25. The first kappa shape index (κ1) is 17.8. The summed E-state index contributed by atoms with van der Waals surface area (Å²) in [5.74, 6) is 0.166. The van der Waals surface area contributed by atoms with Crippen molar-refractivity contribution in [3.63, 3.8) is 0 Å². The summed E-state index contributed by atoms with van der Waals surface area (Å²) in [5.41, 5.74) is 4.95. The summed E-state index contributed by atoms with van der Waals surface area (Å²) >= 11 is 0. The van der Waals surface area contributed by atoms with Crippen molar-refractivity contribution in [2.24, 2.45) is 5.41 Å². The number of nitrogens with one attached hydrogen (secondary N) is 1. The summed E-state index contributed by atoms with van der Waals surface area (Å²) in [6.07, 6.45) is 7.09. The number of carbonyl (C=O) groups is 1. The number of carbonyl (C=O) groups excluding carboxylic acids is 1. The van der Waals surface area contributed by atoms with Gasteiger partial charge in [0.25, 0.3) is 0 Å². The lowest BCUT2D eigenvalue weighted by Gasteiger charge is -2.45. The Balaban J connectivity index is 1.46. The SMILES string of the molecule is Cc1cc(N2CCN3CCCC[C@H]3C2)cc(C)c1NC(=O)CC1(C)CC1. The highest BCUT2D eigenvalue weighted by molar-refractivity contribution is 5.93. The molecule has 1 aliphatic carbocycles. The van der Waals surface area contributed by atoms with E-state index in [1.807, 2.05) is 0 Å². The van der Waals surface area contributed by atoms with Crippen LogP contribution in [0.15, 0.2) is 12.1 Å². The van der Waals surface area contributed by atoms with E-state index in [-0.39, 0.29) is 11.3 Å². The van der Waals surface area contributed by atoms with Crippen LogP contribution in [0.4, 0.5) is 11.4 Å². The second-order valence-corrected chi connectivity index (χ2v) is 9.12. The predicted molar refractivity (Wildman–Crippen MR) is 108 cm³/mol. The number of amides is 1. The molecule has 1 N–H and O–H groups in total. The molecular weight excluding hydrogens is 322 g/mol. The van der Waals surface area contributed by atoms with Crippen molar-refractivity contribution in [3.8, 4) is 0 Å². The van der Waals surface area contributed by atoms with Crippen LogP contribution in [0.25, 0.3) is 0 Å². The van der Waals surface area contributed by atoms with Gasteiger partial charge in [-0.15, -0.1) is 0 Å². The molecule has 0 spiro atoms. The Morgan fingerprint density at radius 1 is 1.15 bits per heavy atom. The molecule has 4 nitrogen and oxygen atoms in total. The van der Waals surface area contributed by atoms with Gasteiger partial charge in [-0.3, -0.25) is 9.69 Å². The van der Waals surface area contributed by atoms with Crippen molar-refractivity contribution in [3.05, 3.63) is 23.3 Å². The number of anilines is 2. The fourth-order valence-electron chi connectivity index (χ4n) is 4.67. The van der Waals surface area contributed by atoms with Crippen molar-refractivity contribution in [1.29, 1.82) is 0 Å². The third-order valence-corrected chi connectivity index (χ3v) is 6.68. The van der Waals surface area contributed by atoms with Crippen molar-refractivity contribution in [2.75, 3.05) is 36.4 Å². The molecule has 1 amide bonds. The molecule has 2 aliphatic heterocycles. The van der Waals surface area contributed by atoms with Gasteiger partial charge in [-0.2, -0.15) is 0 Å². The molecule has 2 saturated heterocycles. The predicted octanol–water partition coefficient (Wildman–Crippen LogP) is 4.11. The summed E-state index contributed by atoms with van der Waals surface area (Å²) in [5, 5.41) is 3.18. The Bertz CT molecular complexity index is 672. The third-order valence-electron chi connectivity index (χ3n) is 6.68. The van der Waals surface area contributed by atoms with E-state index in [0.717, 1.165) is 24.8 Å². The first-order valence-corrected chi connectivity index (χ1v) is 10.3. The third kappa shape index (κ3) is 3.75. The van der Waals surface area contributed by atoms with E-state index in [9.17, 15) is 4.79 Å². The molecular formula is C22H33N3O. The van der Waals surface area contributed by atoms with Crippen molar-refractivity contribution < 1.29 is 4.79 Å². The van der Waals surface area contributed by atoms with Gasteiger partial charge in [0, 0.05) is 43.5 Å². The van der Waals surface area contributed by atoms with Gasteiger partial charge in [-0.25, -0.2) is 0 Å². The van der Waals surface area contributed by atoms with E-state index in [1.165, 1.54) is 62.0 Å². The van der Waals surface area contributed by atoms with Gasteiger partial charge in [-0.05, 0) is 74.8 Å². The lowest BCUT2D eigenvalue weighted by Crippen LogP contribution is -2.54.